The zero-order chi connectivity index (χ0) is 26.2. The molecule has 0 rings (SSSR count). The second kappa shape index (κ2) is 24.9. The van der Waals surface area contributed by atoms with Gasteiger partial charge in [0.05, 0.1) is 19.3 Å². The molecule has 0 aromatic heterocycles. The molecule has 0 fully saturated rings. The lowest BCUT2D eigenvalue weighted by molar-refractivity contribution is -0.140. The third-order valence-corrected chi connectivity index (χ3v) is 6.74. The first kappa shape index (κ1) is 34.2. The summed E-state index contributed by atoms with van der Waals surface area (Å²) in [4.78, 5) is 11.2. The maximum absolute atomic E-state index is 11.2. The quantitative estimate of drug-likeness (QED) is 0.0783. The van der Waals surface area contributed by atoms with E-state index in [1.165, 1.54) is 20.0 Å². The molecule has 4 unspecified atom stereocenters. The van der Waals surface area contributed by atoms with E-state index in [0.717, 1.165) is 96.6 Å². The highest BCUT2D eigenvalue weighted by molar-refractivity contribution is 5.68. The number of methoxy groups -OCH3 is 1. The summed E-state index contributed by atoms with van der Waals surface area (Å²) in [6.07, 6.45) is 13.8. The lowest BCUT2D eigenvalue weighted by atomic mass is 9.92. The van der Waals surface area contributed by atoms with Crippen molar-refractivity contribution in [3.05, 3.63) is 0 Å². The van der Waals surface area contributed by atoms with Gasteiger partial charge in [0.25, 0.3) is 0 Å². The van der Waals surface area contributed by atoms with Crippen molar-refractivity contribution in [2.24, 2.45) is 11.5 Å². The van der Waals surface area contributed by atoms with Crippen LogP contribution < -0.4 is 22.1 Å². The highest BCUT2D eigenvalue weighted by atomic mass is 16.5. The number of nitrogens with one attached hydrogen (secondary N) is 2. The highest BCUT2D eigenvalue weighted by Crippen LogP contribution is 2.17. The minimum atomic E-state index is -0.828. The van der Waals surface area contributed by atoms with E-state index < -0.39 is 12.2 Å². The van der Waals surface area contributed by atoms with E-state index in [2.05, 4.69) is 22.3 Å². The largest absolute Gasteiger partial charge is 0.469 e. The first-order valence-electron chi connectivity index (χ1n) is 14.3. The average molecular weight is 503 g/mol. The Balaban J connectivity index is 4.80. The number of unbranched alkanes of at least 4 members (excludes halogenated alkanes) is 9. The Hall–Kier alpha value is -0.770. The number of hydrogen-bond acceptors (Lipinski definition) is 8. The van der Waals surface area contributed by atoms with Crippen LogP contribution in [0.2, 0.25) is 0 Å². The van der Waals surface area contributed by atoms with Crippen LogP contribution in [0.5, 0.6) is 0 Å². The normalized spacial score (nSPS) is 15.0. The molecular formula is C27H58N4O4. The Bertz CT molecular complexity index is 458. The third-order valence-electron chi connectivity index (χ3n) is 6.74. The topological polar surface area (TPSA) is 143 Å². The fourth-order valence-electron chi connectivity index (χ4n) is 4.43. The van der Waals surface area contributed by atoms with Gasteiger partial charge in [-0.3, -0.25) is 4.79 Å². The standard InChI is InChI=1S/C27H58N4O4/c1-3-4-5-9-16-23(30-21-14-12-19-28)26(33)27(34)24(31-22-15-13-20-29)17-10-7-6-8-11-18-25(32)35-2/h23-24,26-27,30-31,33-34H,3-22,28-29H2,1-2H3. The summed E-state index contributed by atoms with van der Waals surface area (Å²) in [7, 11) is 1.42. The predicted octanol–water partition coefficient (Wildman–Crippen LogP) is 2.98. The number of carbonyl (C=O) groups excluding carboxylic acids is 1. The van der Waals surface area contributed by atoms with Gasteiger partial charge in [0.2, 0.25) is 0 Å². The van der Waals surface area contributed by atoms with Gasteiger partial charge >= 0.3 is 5.97 Å². The SMILES string of the molecule is CCCCCCC(NCCCCN)C(O)C(O)C(CCCCCCCC(=O)OC)NCCCCN. The molecule has 0 radical (unpaired) electrons. The van der Waals surface area contributed by atoms with Crippen molar-refractivity contribution in [1.29, 1.82) is 0 Å². The Morgan fingerprint density at radius 1 is 0.714 bits per heavy atom. The fraction of sp³-hybridized carbons (Fsp3) is 0.963. The average Bonchev–Trinajstić information content (AvgIpc) is 2.87. The molecule has 0 saturated carbocycles. The zero-order valence-corrected chi connectivity index (χ0v) is 22.8. The molecule has 0 bridgehead atoms. The molecule has 0 aromatic carbocycles. The van der Waals surface area contributed by atoms with E-state index >= 15 is 0 Å². The molecule has 0 amide bonds. The van der Waals surface area contributed by atoms with Gasteiger partial charge in [-0.15, -0.1) is 0 Å². The van der Waals surface area contributed by atoms with Crippen molar-refractivity contribution in [2.75, 3.05) is 33.3 Å². The Labute approximate surface area is 215 Å². The van der Waals surface area contributed by atoms with Gasteiger partial charge in [-0.25, -0.2) is 0 Å². The highest BCUT2D eigenvalue weighted by Gasteiger charge is 2.31. The van der Waals surface area contributed by atoms with E-state index in [-0.39, 0.29) is 18.1 Å². The van der Waals surface area contributed by atoms with Crippen molar-refractivity contribution < 1.29 is 19.7 Å². The minimum absolute atomic E-state index is 0.119. The second-order valence-corrected chi connectivity index (χ2v) is 9.83. The summed E-state index contributed by atoms with van der Waals surface area (Å²) in [6, 6.07) is -0.270. The smallest absolute Gasteiger partial charge is 0.305 e. The van der Waals surface area contributed by atoms with Crippen molar-refractivity contribution in [2.45, 2.75) is 134 Å². The van der Waals surface area contributed by atoms with Crippen molar-refractivity contribution >= 4 is 5.97 Å². The van der Waals surface area contributed by atoms with Crippen LogP contribution in [0.25, 0.3) is 0 Å². The number of esters is 1. The lowest BCUT2D eigenvalue weighted by Gasteiger charge is -2.33. The van der Waals surface area contributed by atoms with E-state index in [4.69, 9.17) is 11.5 Å². The molecule has 35 heavy (non-hydrogen) atoms. The van der Waals surface area contributed by atoms with Crippen LogP contribution in [0.3, 0.4) is 0 Å². The molecule has 0 saturated heterocycles. The predicted molar refractivity (Wildman–Crippen MR) is 145 cm³/mol. The van der Waals surface area contributed by atoms with Crippen LogP contribution in [-0.2, 0) is 9.53 Å². The van der Waals surface area contributed by atoms with Crippen molar-refractivity contribution in [3.8, 4) is 0 Å². The lowest BCUT2D eigenvalue weighted by Crippen LogP contribution is -2.54. The van der Waals surface area contributed by atoms with E-state index in [0.29, 0.717) is 19.5 Å². The van der Waals surface area contributed by atoms with Gasteiger partial charge in [0.1, 0.15) is 0 Å². The summed E-state index contributed by atoms with van der Waals surface area (Å²) in [5.41, 5.74) is 11.3. The van der Waals surface area contributed by atoms with E-state index in [9.17, 15) is 15.0 Å². The molecule has 0 heterocycles. The van der Waals surface area contributed by atoms with Crippen LogP contribution in [0.4, 0.5) is 0 Å². The first-order chi connectivity index (χ1) is 17.0. The number of rotatable bonds is 26. The number of carbonyl (C=O) groups is 1. The monoisotopic (exact) mass is 502 g/mol. The molecule has 210 valence electrons. The van der Waals surface area contributed by atoms with Crippen LogP contribution in [0.1, 0.15) is 110 Å². The molecule has 0 aliphatic carbocycles. The zero-order valence-electron chi connectivity index (χ0n) is 22.8. The van der Waals surface area contributed by atoms with Gasteiger partial charge in [-0.1, -0.05) is 58.3 Å². The molecule has 8 nitrogen and oxygen atoms in total. The molecule has 0 aliphatic heterocycles. The third kappa shape index (κ3) is 19.1. The molecule has 0 spiro atoms. The van der Waals surface area contributed by atoms with E-state index in [1.807, 2.05) is 0 Å². The fourth-order valence-corrected chi connectivity index (χ4v) is 4.43. The minimum Gasteiger partial charge on any atom is -0.469 e. The van der Waals surface area contributed by atoms with Gasteiger partial charge in [-0.05, 0) is 71.1 Å². The van der Waals surface area contributed by atoms with Gasteiger partial charge in [0, 0.05) is 18.5 Å². The van der Waals surface area contributed by atoms with E-state index in [1.54, 1.807) is 0 Å². The Kier molecular flexibility index (Phi) is 24.4. The first-order valence-corrected chi connectivity index (χ1v) is 14.3. The van der Waals surface area contributed by atoms with Crippen LogP contribution in [-0.4, -0.2) is 73.8 Å². The molecule has 4 atom stereocenters. The van der Waals surface area contributed by atoms with Crippen molar-refractivity contribution in [3.63, 3.8) is 0 Å². The second-order valence-electron chi connectivity index (χ2n) is 9.83. The maximum Gasteiger partial charge on any atom is 0.305 e. The maximum atomic E-state index is 11.2. The molecule has 8 heteroatoms. The summed E-state index contributed by atoms with van der Waals surface area (Å²) in [5.74, 6) is -0.148. The Morgan fingerprint density at radius 2 is 1.17 bits per heavy atom. The summed E-state index contributed by atoms with van der Waals surface area (Å²) in [6.45, 7) is 5.12. The number of hydrogen-bond donors (Lipinski definition) is 6. The number of nitrogens with two attached hydrogens (primary N) is 2. The van der Waals surface area contributed by atoms with Crippen LogP contribution >= 0.6 is 0 Å². The van der Waals surface area contributed by atoms with Gasteiger partial charge in [-0.2, -0.15) is 0 Å². The van der Waals surface area contributed by atoms with Gasteiger partial charge in [0.15, 0.2) is 0 Å². The summed E-state index contributed by atoms with van der Waals surface area (Å²) >= 11 is 0. The summed E-state index contributed by atoms with van der Waals surface area (Å²) in [5, 5.41) is 29.4. The van der Waals surface area contributed by atoms with Crippen molar-refractivity contribution in [1.82, 2.24) is 10.6 Å². The molecule has 8 N–H and O–H groups in total. The number of ether oxygens (including phenoxy) is 1. The number of aliphatic hydroxyl groups excluding tert-OH is 2. The summed E-state index contributed by atoms with van der Waals surface area (Å²) < 4.78 is 4.69. The van der Waals surface area contributed by atoms with Crippen LogP contribution in [0.15, 0.2) is 0 Å². The van der Waals surface area contributed by atoms with Gasteiger partial charge < -0.3 is 37.1 Å². The molecule has 0 aliphatic rings. The Morgan fingerprint density at radius 3 is 1.63 bits per heavy atom. The molecular weight excluding hydrogens is 444 g/mol. The van der Waals surface area contributed by atoms with Crippen LogP contribution in [0, 0.1) is 0 Å². The number of aliphatic hydroxyl groups is 2. The molecule has 0 aromatic rings.